The molecular formula is C14H11ClF3N. The molecule has 0 aromatic heterocycles. The maximum absolute atomic E-state index is 13.7. The summed E-state index contributed by atoms with van der Waals surface area (Å²) in [5.74, 6) is -2.12. The van der Waals surface area contributed by atoms with Crippen LogP contribution in [0, 0.1) is 24.4 Å². The highest BCUT2D eigenvalue weighted by molar-refractivity contribution is 6.31. The Bertz CT molecular complexity index is 608. The summed E-state index contributed by atoms with van der Waals surface area (Å²) in [6.45, 7) is 1.48. The zero-order valence-electron chi connectivity index (χ0n) is 10.1. The minimum absolute atomic E-state index is 0.00546. The second-order valence-corrected chi connectivity index (χ2v) is 4.64. The Morgan fingerprint density at radius 3 is 2.37 bits per heavy atom. The molecule has 0 bridgehead atoms. The molecule has 5 heteroatoms. The second-order valence-electron chi connectivity index (χ2n) is 4.24. The van der Waals surface area contributed by atoms with Crippen LogP contribution in [0.3, 0.4) is 0 Å². The molecule has 0 aliphatic rings. The molecule has 0 fully saturated rings. The number of nitrogens with two attached hydrogens (primary N) is 1. The minimum atomic E-state index is -1.09. The van der Waals surface area contributed by atoms with E-state index in [4.69, 9.17) is 17.3 Å². The molecule has 0 aliphatic heterocycles. The molecule has 2 aromatic rings. The lowest BCUT2D eigenvalue weighted by Gasteiger charge is -2.16. The number of hydrogen-bond acceptors (Lipinski definition) is 1. The minimum Gasteiger partial charge on any atom is -0.320 e. The zero-order chi connectivity index (χ0) is 14.2. The molecular weight excluding hydrogens is 275 g/mol. The summed E-state index contributed by atoms with van der Waals surface area (Å²) >= 11 is 5.88. The maximum atomic E-state index is 13.7. The summed E-state index contributed by atoms with van der Waals surface area (Å²) < 4.78 is 40.7. The van der Waals surface area contributed by atoms with Gasteiger partial charge in [-0.1, -0.05) is 17.7 Å². The molecule has 1 nitrogen and oxygen atoms in total. The van der Waals surface area contributed by atoms with E-state index in [1.807, 2.05) is 0 Å². The first-order valence-corrected chi connectivity index (χ1v) is 5.94. The number of halogens is 4. The highest BCUT2D eigenvalue weighted by Crippen LogP contribution is 2.31. The van der Waals surface area contributed by atoms with E-state index >= 15 is 0 Å². The molecule has 0 saturated heterocycles. The number of aryl methyl sites for hydroxylation is 1. The molecule has 2 aromatic carbocycles. The number of rotatable bonds is 2. The van der Waals surface area contributed by atoms with E-state index < -0.39 is 23.5 Å². The van der Waals surface area contributed by atoms with E-state index in [1.165, 1.54) is 31.2 Å². The van der Waals surface area contributed by atoms with Crippen LogP contribution in [0.4, 0.5) is 13.2 Å². The van der Waals surface area contributed by atoms with Crippen LogP contribution in [-0.2, 0) is 0 Å². The molecule has 0 spiro atoms. The quantitative estimate of drug-likeness (QED) is 0.883. The first kappa shape index (κ1) is 13.9. The van der Waals surface area contributed by atoms with Crippen LogP contribution in [-0.4, -0.2) is 0 Å². The third-order valence-corrected chi connectivity index (χ3v) is 3.25. The predicted molar refractivity (Wildman–Crippen MR) is 68.5 cm³/mol. The van der Waals surface area contributed by atoms with Gasteiger partial charge in [-0.25, -0.2) is 13.2 Å². The lowest BCUT2D eigenvalue weighted by molar-refractivity contribution is 0.553. The average molecular weight is 286 g/mol. The van der Waals surface area contributed by atoms with Crippen molar-refractivity contribution in [3.05, 3.63) is 69.5 Å². The molecule has 1 atom stereocenters. The van der Waals surface area contributed by atoms with Crippen molar-refractivity contribution in [2.45, 2.75) is 13.0 Å². The third kappa shape index (κ3) is 2.60. The SMILES string of the molecule is Cc1cc(C(N)c2c(F)cccc2Cl)c(F)cc1F. The second kappa shape index (κ2) is 5.23. The van der Waals surface area contributed by atoms with Crippen LogP contribution in [0.5, 0.6) is 0 Å². The van der Waals surface area contributed by atoms with Crippen LogP contribution in [0.2, 0.25) is 5.02 Å². The van der Waals surface area contributed by atoms with Crippen molar-refractivity contribution in [2.24, 2.45) is 5.73 Å². The Morgan fingerprint density at radius 2 is 1.74 bits per heavy atom. The van der Waals surface area contributed by atoms with Gasteiger partial charge in [0.15, 0.2) is 0 Å². The van der Waals surface area contributed by atoms with E-state index in [2.05, 4.69) is 0 Å². The Balaban J connectivity index is 2.56. The van der Waals surface area contributed by atoms with Crippen molar-refractivity contribution in [1.29, 1.82) is 0 Å². The van der Waals surface area contributed by atoms with Crippen molar-refractivity contribution in [1.82, 2.24) is 0 Å². The fraction of sp³-hybridized carbons (Fsp3) is 0.143. The van der Waals surface area contributed by atoms with Crippen molar-refractivity contribution in [2.75, 3.05) is 0 Å². The Kier molecular flexibility index (Phi) is 3.83. The molecule has 0 saturated carbocycles. The summed E-state index contributed by atoms with van der Waals surface area (Å²) in [5.41, 5.74) is 6.09. The summed E-state index contributed by atoms with van der Waals surface area (Å²) in [6, 6.07) is 4.99. The Labute approximate surface area is 113 Å². The molecule has 0 heterocycles. The van der Waals surface area contributed by atoms with Gasteiger partial charge in [-0.05, 0) is 30.7 Å². The van der Waals surface area contributed by atoms with Gasteiger partial charge in [0, 0.05) is 22.2 Å². The molecule has 0 aliphatic carbocycles. The highest BCUT2D eigenvalue weighted by atomic mass is 35.5. The fourth-order valence-corrected chi connectivity index (χ4v) is 2.16. The highest BCUT2D eigenvalue weighted by Gasteiger charge is 2.21. The number of benzene rings is 2. The van der Waals surface area contributed by atoms with Crippen LogP contribution >= 0.6 is 11.6 Å². The summed E-state index contributed by atoms with van der Waals surface area (Å²) in [7, 11) is 0. The molecule has 0 radical (unpaired) electrons. The maximum Gasteiger partial charge on any atom is 0.131 e. The number of hydrogen-bond donors (Lipinski definition) is 1. The molecule has 19 heavy (non-hydrogen) atoms. The normalized spacial score (nSPS) is 12.5. The van der Waals surface area contributed by atoms with Gasteiger partial charge in [0.1, 0.15) is 17.5 Å². The van der Waals surface area contributed by atoms with Gasteiger partial charge in [0.05, 0.1) is 6.04 Å². The first-order valence-electron chi connectivity index (χ1n) is 5.57. The van der Waals surface area contributed by atoms with E-state index in [0.717, 1.165) is 6.07 Å². The monoisotopic (exact) mass is 285 g/mol. The zero-order valence-corrected chi connectivity index (χ0v) is 10.8. The van der Waals surface area contributed by atoms with Crippen LogP contribution in [0.25, 0.3) is 0 Å². The average Bonchev–Trinajstić information content (AvgIpc) is 2.33. The smallest absolute Gasteiger partial charge is 0.131 e. The van der Waals surface area contributed by atoms with E-state index in [1.54, 1.807) is 0 Å². The van der Waals surface area contributed by atoms with Gasteiger partial charge in [-0.2, -0.15) is 0 Å². The molecule has 0 amide bonds. The fourth-order valence-electron chi connectivity index (χ4n) is 1.88. The predicted octanol–water partition coefficient (Wildman–Crippen LogP) is 4.11. The lowest BCUT2D eigenvalue weighted by atomic mass is 9.97. The van der Waals surface area contributed by atoms with Gasteiger partial charge in [-0.15, -0.1) is 0 Å². The van der Waals surface area contributed by atoms with Gasteiger partial charge in [0.2, 0.25) is 0 Å². The van der Waals surface area contributed by atoms with Crippen LogP contribution in [0.15, 0.2) is 30.3 Å². The van der Waals surface area contributed by atoms with Crippen molar-refractivity contribution >= 4 is 11.6 Å². The van der Waals surface area contributed by atoms with Crippen LogP contribution < -0.4 is 5.73 Å². The molecule has 1 unspecified atom stereocenters. The van der Waals surface area contributed by atoms with Crippen molar-refractivity contribution < 1.29 is 13.2 Å². The Morgan fingerprint density at radius 1 is 1.05 bits per heavy atom. The topological polar surface area (TPSA) is 26.0 Å². The van der Waals surface area contributed by atoms with E-state index in [-0.39, 0.29) is 21.7 Å². The van der Waals surface area contributed by atoms with Gasteiger partial charge in [0.25, 0.3) is 0 Å². The molecule has 100 valence electrons. The van der Waals surface area contributed by atoms with Crippen LogP contribution in [0.1, 0.15) is 22.7 Å². The summed E-state index contributed by atoms with van der Waals surface area (Å²) in [6.07, 6.45) is 0. The third-order valence-electron chi connectivity index (χ3n) is 2.92. The van der Waals surface area contributed by atoms with Crippen molar-refractivity contribution in [3.8, 4) is 0 Å². The largest absolute Gasteiger partial charge is 0.320 e. The molecule has 2 rings (SSSR count). The summed E-state index contributed by atoms with van der Waals surface area (Å²) in [4.78, 5) is 0. The summed E-state index contributed by atoms with van der Waals surface area (Å²) in [5, 5.41) is 0.105. The van der Waals surface area contributed by atoms with Gasteiger partial charge >= 0.3 is 0 Å². The first-order chi connectivity index (χ1) is 8.91. The van der Waals surface area contributed by atoms with Crippen molar-refractivity contribution in [3.63, 3.8) is 0 Å². The Hall–Kier alpha value is -1.52. The standard InChI is InChI=1S/C14H11ClF3N/c1-7-5-8(12(18)6-11(7)17)14(19)13-9(15)3-2-4-10(13)16/h2-6,14H,19H2,1H3. The van der Waals surface area contributed by atoms with E-state index in [0.29, 0.717) is 0 Å². The molecule has 2 N–H and O–H groups in total. The lowest BCUT2D eigenvalue weighted by Crippen LogP contribution is -2.16. The van der Waals surface area contributed by atoms with Gasteiger partial charge < -0.3 is 5.73 Å². The van der Waals surface area contributed by atoms with E-state index in [9.17, 15) is 13.2 Å². The van der Waals surface area contributed by atoms with Gasteiger partial charge in [-0.3, -0.25) is 0 Å².